The van der Waals surface area contributed by atoms with E-state index in [1.807, 2.05) is 0 Å². The Kier molecular flexibility index (Phi) is 9.66. The van der Waals surface area contributed by atoms with Crippen molar-refractivity contribution in [2.75, 3.05) is 39.3 Å². The highest BCUT2D eigenvalue weighted by Crippen LogP contribution is 2.48. The van der Waals surface area contributed by atoms with Crippen LogP contribution in [0.5, 0.6) is 0 Å². The first-order chi connectivity index (χ1) is 11.2. The maximum atomic E-state index is 4.85. The number of nitrogens with zero attached hydrogens (tertiary/aromatic N) is 2. The molecule has 0 aromatic heterocycles. The van der Waals surface area contributed by atoms with Gasteiger partial charge in [0.1, 0.15) is 0 Å². The predicted octanol–water partition coefficient (Wildman–Crippen LogP) is 3.23. The van der Waals surface area contributed by atoms with Gasteiger partial charge in [-0.05, 0) is 38.4 Å². The second-order valence-electron chi connectivity index (χ2n) is 6.30. The van der Waals surface area contributed by atoms with Gasteiger partial charge in [-0.15, -0.1) is 24.0 Å². The van der Waals surface area contributed by atoms with Crippen molar-refractivity contribution in [3.63, 3.8) is 0 Å². The Labute approximate surface area is 164 Å². The van der Waals surface area contributed by atoms with Crippen molar-refractivity contribution in [2.45, 2.75) is 39.0 Å². The number of benzene rings is 1. The molecule has 0 bridgehead atoms. The number of guanidine groups is 1. The maximum absolute atomic E-state index is 4.85. The van der Waals surface area contributed by atoms with Crippen LogP contribution in [0.4, 0.5) is 0 Å². The number of aliphatic imine (C=N–C) groups is 1. The van der Waals surface area contributed by atoms with Gasteiger partial charge in [-0.25, -0.2) is 0 Å². The molecule has 1 saturated carbocycles. The van der Waals surface area contributed by atoms with E-state index >= 15 is 0 Å². The lowest BCUT2D eigenvalue weighted by Crippen LogP contribution is -2.42. The maximum Gasteiger partial charge on any atom is 0.191 e. The Hall–Kier alpha value is -0.820. The molecular formula is C19H33IN4. The molecule has 1 aliphatic rings. The van der Waals surface area contributed by atoms with E-state index in [0.717, 1.165) is 45.2 Å². The molecule has 2 N–H and O–H groups in total. The standard InChI is InChI=1S/C19H32N4.HI/c1-4-20-18(21-14-15-23(5-2)6-3)22-16-19(12-13-19)17-10-8-7-9-11-17;/h7-11H,4-6,12-16H2,1-3H3,(H2,20,21,22);1H. The molecule has 0 spiro atoms. The van der Waals surface area contributed by atoms with Crippen LogP contribution in [-0.4, -0.2) is 50.1 Å². The van der Waals surface area contributed by atoms with Crippen LogP contribution in [0.1, 0.15) is 39.2 Å². The minimum absolute atomic E-state index is 0. The highest BCUT2D eigenvalue weighted by Gasteiger charge is 2.43. The van der Waals surface area contributed by atoms with Gasteiger partial charge in [0, 0.05) is 25.0 Å². The van der Waals surface area contributed by atoms with E-state index in [1.54, 1.807) is 0 Å². The molecule has 0 amide bonds. The lowest BCUT2D eigenvalue weighted by atomic mass is 9.96. The molecule has 2 rings (SSSR count). The summed E-state index contributed by atoms with van der Waals surface area (Å²) in [6, 6.07) is 10.8. The number of halogens is 1. The highest BCUT2D eigenvalue weighted by atomic mass is 127. The topological polar surface area (TPSA) is 39.7 Å². The van der Waals surface area contributed by atoms with Crippen molar-refractivity contribution in [3.8, 4) is 0 Å². The number of hydrogen-bond acceptors (Lipinski definition) is 2. The average Bonchev–Trinajstić information content (AvgIpc) is 3.38. The van der Waals surface area contributed by atoms with Crippen molar-refractivity contribution in [1.82, 2.24) is 15.5 Å². The number of nitrogens with one attached hydrogen (secondary N) is 2. The summed E-state index contributed by atoms with van der Waals surface area (Å²) < 4.78 is 0. The molecule has 1 fully saturated rings. The third-order valence-electron chi connectivity index (χ3n) is 4.74. The van der Waals surface area contributed by atoms with Crippen molar-refractivity contribution in [2.24, 2.45) is 4.99 Å². The largest absolute Gasteiger partial charge is 0.357 e. The molecule has 0 heterocycles. The smallest absolute Gasteiger partial charge is 0.191 e. The van der Waals surface area contributed by atoms with Gasteiger partial charge in [-0.1, -0.05) is 44.2 Å². The molecule has 5 heteroatoms. The van der Waals surface area contributed by atoms with Crippen LogP contribution in [0, 0.1) is 0 Å². The van der Waals surface area contributed by atoms with Gasteiger partial charge in [-0.2, -0.15) is 0 Å². The summed E-state index contributed by atoms with van der Waals surface area (Å²) in [5.74, 6) is 0.946. The fraction of sp³-hybridized carbons (Fsp3) is 0.632. The number of hydrogen-bond donors (Lipinski definition) is 2. The second kappa shape index (κ2) is 10.9. The third kappa shape index (κ3) is 6.24. The normalized spacial score (nSPS) is 15.8. The van der Waals surface area contributed by atoms with Gasteiger partial charge in [0.05, 0.1) is 6.54 Å². The predicted molar refractivity (Wildman–Crippen MR) is 115 cm³/mol. The Morgan fingerprint density at radius 1 is 1.08 bits per heavy atom. The molecular weight excluding hydrogens is 411 g/mol. The molecule has 24 heavy (non-hydrogen) atoms. The van der Waals surface area contributed by atoms with Crippen LogP contribution >= 0.6 is 24.0 Å². The van der Waals surface area contributed by atoms with Crippen molar-refractivity contribution in [3.05, 3.63) is 35.9 Å². The van der Waals surface area contributed by atoms with Crippen LogP contribution in [0.25, 0.3) is 0 Å². The Bertz CT molecular complexity index is 481. The Morgan fingerprint density at radius 2 is 1.75 bits per heavy atom. The van der Waals surface area contributed by atoms with E-state index in [4.69, 9.17) is 4.99 Å². The SMILES string of the molecule is CCNC(=NCC1(c2ccccc2)CC1)NCCN(CC)CC.I. The summed E-state index contributed by atoms with van der Waals surface area (Å²) in [5.41, 5.74) is 1.71. The monoisotopic (exact) mass is 444 g/mol. The van der Waals surface area contributed by atoms with E-state index in [0.29, 0.717) is 0 Å². The molecule has 0 saturated heterocycles. The first kappa shape index (κ1) is 21.2. The molecule has 1 aromatic rings. The minimum Gasteiger partial charge on any atom is -0.357 e. The Morgan fingerprint density at radius 3 is 2.29 bits per heavy atom. The lowest BCUT2D eigenvalue weighted by Gasteiger charge is -2.20. The summed E-state index contributed by atoms with van der Waals surface area (Å²) in [5, 5.41) is 6.83. The minimum atomic E-state index is 0. The van der Waals surface area contributed by atoms with E-state index in [1.165, 1.54) is 18.4 Å². The first-order valence-electron chi connectivity index (χ1n) is 9.04. The molecule has 0 aliphatic heterocycles. The molecule has 0 atom stereocenters. The number of likely N-dealkylation sites (N-methyl/N-ethyl adjacent to an activating group) is 1. The zero-order chi connectivity index (χ0) is 16.5. The van der Waals surface area contributed by atoms with Crippen LogP contribution in [0.2, 0.25) is 0 Å². The van der Waals surface area contributed by atoms with Crippen LogP contribution < -0.4 is 10.6 Å². The van der Waals surface area contributed by atoms with Crippen molar-refractivity contribution >= 4 is 29.9 Å². The summed E-state index contributed by atoms with van der Waals surface area (Å²) in [7, 11) is 0. The summed E-state index contributed by atoms with van der Waals surface area (Å²) in [4.78, 5) is 7.27. The summed E-state index contributed by atoms with van der Waals surface area (Å²) in [6.45, 7) is 12.5. The van der Waals surface area contributed by atoms with E-state index in [9.17, 15) is 0 Å². The molecule has 1 aromatic carbocycles. The molecule has 136 valence electrons. The summed E-state index contributed by atoms with van der Waals surface area (Å²) >= 11 is 0. The van der Waals surface area contributed by atoms with Gasteiger partial charge in [0.15, 0.2) is 5.96 Å². The molecule has 1 aliphatic carbocycles. The average molecular weight is 444 g/mol. The van der Waals surface area contributed by atoms with Crippen LogP contribution in [0.15, 0.2) is 35.3 Å². The fourth-order valence-electron chi connectivity index (χ4n) is 2.93. The van der Waals surface area contributed by atoms with E-state index in [-0.39, 0.29) is 29.4 Å². The fourth-order valence-corrected chi connectivity index (χ4v) is 2.93. The molecule has 0 radical (unpaired) electrons. The number of rotatable bonds is 9. The lowest BCUT2D eigenvalue weighted by molar-refractivity contribution is 0.308. The zero-order valence-corrected chi connectivity index (χ0v) is 17.7. The first-order valence-corrected chi connectivity index (χ1v) is 9.04. The summed E-state index contributed by atoms with van der Waals surface area (Å²) in [6.07, 6.45) is 2.50. The van der Waals surface area contributed by atoms with Gasteiger partial charge in [0.25, 0.3) is 0 Å². The van der Waals surface area contributed by atoms with Crippen molar-refractivity contribution in [1.29, 1.82) is 0 Å². The Balaban J connectivity index is 0.00000288. The van der Waals surface area contributed by atoms with Gasteiger partial charge >= 0.3 is 0 Å². The van der Waals surface area contributed by atoms with E-state index < -0.39 is 0 Å². The molecule has 4 nitrogen and oxygen atoms in total. The van der Waals surface area contributed by atoms with Crippen molar-refractivity contribution < 1.29 is 0 Å². The van der Waals surface area contributed by atoms with Gasteiger partial charge in [0.2, 0.25) is 0 Å². The third-order valence-corrected chi connectivity index (χ3v) is 4.74. The van der Waals surface area contributed by atoms with Crippen LogP contribution in [0.3, 0.4) is 0 Å². The van der Waals surface area contributed by atoms with E-state index in [2.05, 4.69) is 66.6 Å². The van der Waals surface area contributed by atoms with Gasteiger partial charge < -0.3 is 15.5 Å². The second-order valence-corrected chi connectivity index (χ2v) is 6.30. The highest BCUT2D eigenvalue weighted by molar-refractivity contribution is 14.0. The van der Waals surface area contributed by atoms with Gasteiger partial charge in [-0.3, -0.25) is 4.99 Å². The van der Waals surface area contributed by atoms with Crippen LogP contribution in [-0.2, 0) is 5.41 Å². The quantitative estimate of drug-likeness (QED) is 0.349. The zero-order valence-electron chi connectivity index (χ0n) is 15.3. The molecule has 0 unspecified atom stereocenters.